The van der Waals surface area contributed by atoms with Crippen LogP contribution >= 0.6 is 0 Å². The minimum atomic E-state index is 0.0407. The van der Waals surface area contributed by atoms with Crippen molar-refractivity contribution in [3.8, 4) is 11.3 Å². The van der Waals surface area contributed by atoms with Gasteiger partial charge >= 0.3 is 0 Å². The number of aromatic nitrogens is 5. The van der Waals surface area contributed by atoms with Gasteiger partial charge in [-0.2, -0.15) is 5.10 Å². The minimum absolute atomic E-state index is 0.0407. The molecule has 8 nitrogen and oxygen atoms in total. The standard InChI is InChI=1S/C20H21N7O.C2H6/c1-12-3-4-22-10-15(12)17-8-14-9-18(23-11-16(14)20(21)24-17)25-19-7-13(2)27(26-19)5-6-28;1-2/h3-4,7-11,28H,5-6H2,1-2H3,(H2,21,24)(H,23,25,26);1-2H3. The summed E-state index contributed by atoms with van der Waals surface area (Å²) in [5, 5.41) is 18.5. The molecule has 8 heteroatoms. The lowest BCUT2D eigenvalue weighted by atomic mass is 10.1. The number of hydrogen-bond acceptors (Lipinski definition) is 7. The van der Waals surface area contributed by atoms with Gasteiger partial charge in [0.2, 0.25) is 0 Å². The number of aryl methyl sites for hydroxylation is 2. The van der Waals surface area contributed by atoms with Gasteiger partial charge in [0.15, 0.2) is 5.82 Å². The fourth-order valence-electron chi connectivity index (χ4n) is 3.14. The number of hydrogen-bond donors (Lipinski definition) is 3. The highest BCUT2D eigenvalue weighted by Crippen LogP contribution is 2.29. The molecule has 4 aromatic heterocycles. The van der Waals surface area contributed by atoms with E-state index in [-0.39, 0.29) is 6.61 Å². The lowest BCUT2D eigenvalue weighted by Gasteiger charge is -2.09. The van der Waals surface area contributed by atoms with Crippen molar-refractivity contribution in [3.63, 3.8) is 0 Å². The molecule has 4 heterocycles. The zero-order valence-electron chi connectivity index (χ0n) is 17.7. The molecule has 30 heavy (non-hydrogen) atoms. The molecule has 0 saturated heterocycles. The first-order chi connectivity index (χ1) is 14.5. The Balaban J connectivity index is 0.00000124. The van der Waals surface area contributed by atoms with E-state index in [1.165, 1.54) is 0 Å². The quantitative estimate of drug-likeness (QED) is 0.462. The smallest absolute Gasteiger partial charge is 0.153 e. The average molecular weight is 406 g/mol. The van der Waals surface area contributed by atoms with Gasteiger partial charge in [-0.3, -0.25) is 9.67 Å². The highest BCUT2D eigenvalue weighted by Gasteiger charge is 2.10. The molecule has 0 spiro atoms. The summed E-state index contributed by atoms with van der Waals surface area (Å²) in [6.07, 6.45) is 5.25. The van der Waals surface area contributed by atoms with Crippen molar-refractivity contribution < 1.29 is 5.11 Å². The second-order valence-corrected chi connectivity index (χ2v) is 6.62. The Morgan fingerprint density at radius 1 is 1.10 bits per heavy atom. The number of nitrogens with zero attached hydrogens (tertiary/aromatic N) is 5. The van der Waals surface area contributed by atoms with Gasteiger partial charge in [-0.25, -0.2) is 9.97 Å². The molecule has 0 aliphatic carbocycles. The van der Waals surface area contributed by atoms with E-state index in [0.29, 0.717) is 24.0 Å². The van der Waals surface area contributed by atoms with Crippen LogP contribution in [0.1, 0.15) is 25.1 Å². The van der Waals surface area contributed by atoms with E-state index in [1.54, 1.807) is 23.3 Å². The normalized spacial score (nSPS) is 10.6. The van der Waals surface area contributed by atoms with Crippen LogP contribution in [0.5, 0.6) is 0 Å². The summed E-state index contributed by atoms with van der Waals surface area (Å²) in [5.41, 5.74) is 9.93. The second kappa shape index (κ2) is 9.32. The molecule has 0 aliphatic heterocycles. The second-order valence-electron chi connectivity index (χ2n) is 6.62. The lowest BCUT2D eigenvalue weighted by molar-refractivity contribution is 0.268. The van der Waals surface area contributed by atoms with Gasteiger partial charge in [0, 0.05) is 41.3 Å². The molecule has 4 N–H and O–H groups in total. The van der Waals surface area contributed by atoms with Crippen LogP contribution in [0.25, 0.3) is 22.0 Å². The van der Waals surface area contributed by atoms with Crippen LogP contribution in [0.3, 0.4) is 0 Å². The number of pyridine rings is 3. The molecule has 0 aromatic carbocycles. The molecule has 0 amide bonds. The van der Waals surface area contributed by atoms with Crippen LogP contribution in [0.15, 0.2) is 42.9 Å². The zero-order valence-corrected chi connectivity index (χ0v) is 17.7. The largest absolute Gasteiger partial charge is 0.394 e. The fourth-order valence-corrected chi connectivity index (χ4v) is 3.14. The van der Waals surface area contributed by atoms with E-state index >= 15 is 0 Å². The Labute approximate surface area is 175 Å². The van der Waals surface area contributed by atoms with Crippen molar-refractivity contribution in [1.82, 2.24) is 24.7 Å². The first-order valence-corrected chi connectivity index (χ1v) is 9.95. The van der Waals surface area contributed by atoms with Crippen LogP contribution in [0.2, 0.25) is 0 Å². The van der Waals surface area contributed by atoms with E-state index in [2.05, 4.69) is 25.4 Å². The van der Waals surface area contributed by atoms with Gasteiger partial charge in [0.05, 0.1) is 18.8 Å². The summed E-state index contributed by atoms with van der Waals surface area (Å²) >= 11 is 0. The number of anilines is 3. The average Bonchev–Trinajstić information content (AvgIpc) is 3.08. The van der Waals surface area contributed by atoms with E-state index in [0.717, 1.165) is 33.3 Å². The van der Waals surface area contributed by atoms with Crippen LogP contribution in [0.4, 0.5) is 17.5 Å². The highest BCUT2D eigenvalue weighted by molar-refractivity contribution is 5.94. The van der Waals surface area contributed by atoms with Crippen molar-refractivity contribution in [1.29, 1.82) is 0 Å². The Bertz CT molecular complexity index is 1150. The zero-order chi connectivity index (χ0) is 21.7. The van der Waals surface area contributed by atoms with Gasteiger partial charge in [-0.1, -0.05) is 13.8 Å². The van der Waals surface area contributed by atoms with Crippen LogP contribution in [-0.4, -0.2) is 36.4 Å². The summed E-state index contributed by atoms with van der Waals surface area (Å²) in [5.74, 6) is 1.75. The molecule has 4 rings (SSSR count). The van der Waals surface area contributed by atoms with Crippen molar-refractivity contribution in [2.45, 2.75) is 34.2 Å². The molecular weight excluding hydrogens is 378 g/mol. The number of nitrogen functional groups attached to an aromatic ring is 1. The lowest BCUT2D eigenvalue weighted by Crippen LogP contribution is -2.06. The molecule has 156 valence electrons. The van der Waals surface area contributed by atoms with Gasteiger partial charge in [0.1, 0.15) is 11.6 Å². The fraction of sp³-hybridized carbons (Fsp3) is 0.273. The monoisotopic (exact) mass is 405 g/mol. The number of aliphatic hydroxyl groups excluding tert-OH is 1. The number of nitrogens with two attached hydrogens (primary N) is 1. The predicted molar refractivity (Wildman–Crippen MR) is 121 cm³/mol. The Morgan fingerprint density at radius 3 is 2.63 bits per heavy atom. The summed E-state index contributed by atoms with van der Waals surface area (Å²) in [7, 11) is 0. The first kappa shape index (κ1) is 21.2. The molecule has 0 aliphatic rings. The van der Waals surface area contributed by atoms with E-state index < -0.39 is 0 Å². The van der Waals surface area contributed by atoms with Gasteiger partial charge < -0.3 is 16.2 Å². The molecule has 0 unspecified atom stereocenters. The summed E-state index contributed by atoms with van der Waals surface area (Å²) in [6, 6.07) is 7.76. The van der Waals surface area contributed by atoms with Crippen molar-refractivity contribution in [2.24, 2.45) is 0 Å². The van der Waals surface area contributed by atoms with Crippen LogP contribution < -0.4 is 11.1 Å². The topological polar surface area (TPSA) is 115 Å². The number of rotatable bonds is 5. The SMILES string of the molecule is CC.Cc1ccncc1-c1cc2cc(Nc3cc(C)n(CCO)n3)ncc2c(N)n1. The highest BCUT2D eigenvalue weighted by atomic mass is 16.3. The predicted octanol–water partition coefficient (Wildman–Crippen LogP) is 3.85. The third-order valence-corrected chi connectivity index (χ3v) is 4.61. The number of nitrogens with one attached hydrogen (secondary N) is 1. The summed E-state index contributed by atoms with van der Waals surface area (Å²) in [4.78, 5) is 13.1. The molecule has 0 bridgehead atoms. The maximum absolute atomic E-state index is 9.11. The van der Waals surface area contributed by atoms with Crippen molar-refractivity contribution in [3.05, 3.63) is 54.1 Å². The molecule has 4 aromatic rings. The Morgan fingerprint density at radius 2 is 1.90 bits per heavy atom. The molecular formula is C22H27N7O. The maximum atomic E-state index is 9.11. The number of aliphatic hydroxyl groups is 1. The molecule has 0 saturated carbocycles. The molecule has 0 radical (unpaired) electrons. The maximum Gasteiger partial charge on any atom is 0.153 e. The van der Waals surface area contributed by atoms with Gasteiger partial charge in [-0.15, -0.1) is 0 Å². The summed E-state index contributed by atoms with van der Waals surface area (Å²) in [6.45, 7) is 8.45. The number of fused-ring (bicyclic) bond motifs is 1. The molecule has 0 fully saturated rings. The van der Waals surface area contributed by atoms with Gasteiger partial charge in [0.25, 0.3) is 0 Å². The van der Waals surface area contributed by atoms with Crippen LogP contribution in [0, 0.1) is 13.8 Å². The van der Waals surface area contributed by atoms with Crippen LogP contribution in [-0.2, 0) is 6.54 Å². The Kier molecular flexibility index (Phi) is 6.58. The van der Waals surface area contributed by atoms with Crippen molar-refractivity contribution in [2.75, 3.05) is 17.7 Å². The van der Waals surface area contributed by atoms with Crippen molar-refractivity contribution >= 4 is 28.2 Å². The Hall–Kier alpha value is -3.52. The molecule has 0 atom stereocenters. The van der Waals surface area contributed by atoms with Gasteiger partial charge in [-0.05, 0) is 43.0 Å². The minimum Gasteiger partial charge on any atom is -0.394 e. The van der Waals surface area contributed by atoms with E-state index in [1.807, 2.05) is 52.0 Å². The third kappa shape index (κ3) is 4.38. The van der Waals surface area contributed by atoms with E-state index in [4.69, 9.17) is 10.8 Å². The summed E-state index contributed by atoms with van der Waals surface area (Å²) < 4.78 is 1.74. The third-order valence-electron chi connectivity index (χ3n) is 4.61. The van der Waals surface area contributed by atoms with E-state index in [9.17, 15) is 0 Å². The first-order valence-electron chi connectivity index (χ1n) is 9.95.